The zero-order chi connectivity index (χ0) is 17.9. The molecule has 7 heteroatoms. The number of nitrogens with zero attached hydrogens (tertiary/aromatic N) is 3. The van der Waals surface area contributed by atoms with Crippen LogP contribution in [0.5, 0.6) is 0 Å². The van der Waals surface area contributed by atoms with E-state index >= 15 is 0 Å². The topological polar surface area (TPSA) is 75.2 Å². The highest BCUT2D eigenvalue weighted by Crippen LogP contribution is 2.25. The molecule has 2 heterocycles. The van der Waals surface area contributed by atoms with Gasteiger partial charge in [0, 0.05) is 30.8 Å². The highest BCUT2D eigenvalue weighted by Gasteiger charge is 2.32. The summed E-state index contributed by atoms with van der Waals surface area (Å²) < 4.78 is 0. The van der Waals surface area contributed by atoms with Crippen LogP contribution in [0.2, 0.25) is 0 Å². The minimum absolute atomic E-state index is 0.00916. The van der Waals surface area contributed by atoms with Gasteiger partial charge in [0.1, 0.15) is 5.01 Å². The van der Waals surface area contributed by atoms with Crippen molar-refractivity contribution in [3.63, 3.8) is 0 Å². The average Bonchev–Trinajstić information content (AvgIpc) is 2.92. The fourth-order valence-electron chi connectivity index (χ4n) is 2.76. The first kappa shape index (κ1) is 18.8. The lowest BCUT2D eigenvalue weighted by atomic mass is 9.91. The number of nitrogens with one attached hydrogen (secondary N) is 1. The Bertz CT molecular complexity index is 584. The molecule has 0 aromatic carbocycles. The smallest absolute Gasteiger partial charge is 0.229 e. The molecule has 0 bridgehead atoms. The lowest BCUT2D eigenvalue weighted by Crippen LogP contribution is -2.45. The van der Waals surface area contributed by atoms with Gasteiger partial charge in [-0.1, -0.05) is 46.0 Å². The number of piperidine rings is 1. The Labute approximate surface area is 148 Å². The van der Waals surface area contributed by atoms with E-state index in [1.54, 1.807) is 0 Å². The van der Waals surface area contributed by atoms with Crippen LogP contribution in [0, 0.1) is 17.3 Å². The van der Waals surface area contributed by atoms with Crippen molar-refractivity contribution in [3.05, 3.63) is 5.01 Å². The summed E-state index contributed by atoms with van der Waals surface area (Å²) in [5, 5.41) is 12.6. The number of carbonyl (C=O) groups is 2. The first-order valence-electron chi connectivity index (χ1n) is 8.59. The quantitative estimate of drug-likeness (QED) is 0.904. The van der Waals surface area contributed by atoms with Gasteiger partial charge >= 0.3 is 0 Å². The van der Waals surface area contributed by atoms with Crippen molar-refractivity contribution in [3.8, 4) is 0 Å². The molecule has 1 aromatic rings. The van der Waals surface area contributed by atoms with E-state index in [0.29, 0.717) is 37.0 Å². The molecule has 2 amide bonds. The molecule has 1 N–H and O–H groups in total. The molecule has 1 aliphatic rings. The SMILES string of the molecule is CC(C)Cc1nnc(NC(=O)C2CCN(C(=O)C(C)(C)C)CC2)s1. The van der Waals surface area contributed by atoms with Gasteiger partial charge in [-0.25, -0.2) is 0 Å². The molecule has 0 saturated carbocycles. The second-order valence-electron chi connectivity index (χ2n) is 7.90. The van der Waals surface area contributed by atoms with Crippen LogP contribution >= 0.6 is 11.3 Å². The van der Waals surface area contributed by atoms with Gasteiger partial charge in [-0.3, -0.25) is 9.59 Å². The van der Waals surface area contributed by atoms with Gasteiger partial charge in [-0.05, 0) is 18.8 Å². The van der Waals surface area contributed by atoms with Crippen molar-refractivity contribution >= 4 is 28.3 Å². The number of aromatic nitrogens is 2. The van der Waals surface area contributed by atoms with E-state index in [1.807, 2.05) is 25.7 Å². The van der Waals surface area contributed by atoms with Crippen molar-refractivity contribution in [2.45, 2.75) is 53.9 Å². The van der Waals surface area contributed by atoms with Crippen molar-refractivity contribution in [1.82, 2.24) is 15.1 Å². The number of rotatable bonds is 4. The second kappa shape index (κ2) is 7.59. The molecular formula is C17H28N4O2S. The Balaban J connectivity index is 1.85. The van der Waals surface area contributed by atoms with E-state index in [0.717, 1.165) is 11.4 Å². The summed E-state index contributed by atoms with van der Waals surface area (Å²) in [7, 11) is 0. The molecule has 134 valence electrons. The Kier molecular flexibility index (Phi) is 5.96. The summed E-state index contributed by atoms with van der Waals surface area (Å²) in [4.78, 5) is 26.6. The van der Waals surface area contributed by atoms with Crippen molar-refractivity contribution in [1.29, 1.82) is 0 Å². The normalized spacial score (nSPS) is 16.5. The molecule has 6 nitrogen and oxygen atoms in total. The molecule has 1 fully saturated rings. The molecular weight excluding hydrogens is 324 g/mol. The average molecular weight is 353 g/mol. The summed E-state index contributed by atoms with van der Waals surface area (Å²) in [6, 6.07) is 0. The Hall–Kier alpha value is -1.50. The van der Waals surface area contributed by atoms with Gasteiger partial charge in [0.15, 0.2) is 0 Å². The van der Waals surface area contributed by atoms with Crippen LogP contribution in [-0.2, 0) is 16.0 Å². The fraction of sp³-hybridized carbons (Fsp3) is 0.765. The third-order valence-electron chi connectivity index (χ3n) is 4.07. The van der Waals surface area contributed by atoms with Gasteiger partial charge in [0.2, 0.25) is 16.9 Å². The minimum atomic E-state index is -0.367. The number of carbonyl (C=O) groups excluding carboxylic acids is 2. The first-order chi connectivity index (χ1) is 11.2. The molecule has 1 saturated heterocycles. The zero-order valence-corrected chi connectivity index (χ0v) is 16.1. The van der Waals surface area contributed by atoms with Gasteiger partial charge in [0.25, 0.3) is 0 Å². The van der Waals surface area contributed by atoms with Crippen molar-refractivity contribution < 1.29 is 9.59 Å². The maximum Gasteiger partial charge on any atom is 0.229 e. The Morgan fingerprint density at radius 2 is 1.88 bits per heavy atom. The summed E-state index contributed by atoms with van der Waals surface area (Å²) in [6.45, 7) is 11.3. The van der Waals surface area contributed by atoms with Crippen LogP contribution in [0.1, 0.15) is 52.5 Å². The summed E-state index contributed by atoms with van der Waals surface area (Å²) in [5.41, 5.74) is -0.367. The first-order valence-corrected chi connectivity index (χ1v) is 9.41. The molecule has 2 rings (SSSR count). The van der Waals surface area contributed by atoms with E-state index in [-0.39, 0.29) is 23.1 Å². The number of hydrogen-bond donors (Lipinski definition) is 1. The highest BCUT2D eigenvalue weighted by atomic mass is 32.1. The van der Waals surface area contributed by atoms with E-state index in [2.05, 4.69) is 29.4 Å². The summed E-state index contributed by atoms with van der Waals surface area (Å²) >= 11 is 1.44. The number of likely N-dealkylation sites (tertiary alicyclic amines) is 1. The Morgan fingerprint density at radius 3 is 2.42 bits per heavy atom. The highest BCUT2D eigenvalue weighted by molar-refractivity contribution is 7.15. The molecule has 0 radical (unpaired) electrons. The van der Waals surface area contributed by atoms with Crippen molar-refractivity contribution in [2.75, 3.05) is 18.4 Å². The molecule has 0 atom stereocenters. The van der Waals surface area contributed by atoms with Crippen LogP contribution < -0.4 is 5.32 Å². The number of anilines is 1. The van der Waals surface area contributed by atoms with E-state index in [4.69, 9.17) is 0 Å². The van der Waals surface area contributed by atoms with E-state index in [9.17, 15) is 9.59 Å². The van der Waals surface area contributed by atoms with Crippen LogP contribution in [0.25, 0.3) is 0 Å². The number of hydrogen-bond acceptors (Lipinski definition) is 5. The molecule has 0 spiro atoms. The zero-order valence-electron chi connectivity index (χ0n) is 15.3. The lowest BCUT2D eigenvalue weighted by molar-refractivity contribution is -0.142. The standard InChI is InChI=1S/C17H28N4O2S/c1-11(2)10-13-19-20-16(24-13)18-14(22)12-6-8-21(9-7-12)15(23)17(3,4)5/h11-12H,6-10H2,1-5H3,(H,18,20,22). The molecule has 0 aliphatic carbocycles. The molecule has 0 unspecified atom stereocenters. The van der Waals surface area contributed by atoms with Crippen molar-refractivity contribution in [2.24, 2.45) is 17.3 Å². The van der Waals surface area contributed by atoms with Crippen LogP contribution in [0.3, 0.4) is 0 Å². The molecule has 24 heavy (non-hydrogen) atoms. The third-order valence-corrected chi connectivity index (χ3v) is 4.94. The third kappa shape index (κ3) is 5.00. The predicted molar refractivity (Wildman–Crippen MR) is 95.8 cm³/mol. The van der Waals surface area contributed by atoms with Crippen LogP contribution in [-0.4, -0.2) is 40.0 Å². The fourth-order valence-corrected chi connectivity index (χ4v) is 3.72. The maximum atomic E-state index is 12.4. The lowest BCUT2D eigenvalue weighted by Gasteiger charge is -2.35. The largest absolute Gasteiger partial charge is 0.342 e. The van der Waals surface area contributed by atoms with E-state index < -0.39 is 0 Å². The maximum absolute atomic E-state index is 12.4. The van der Waals surface area contributed by atoms with Crippen LogP contribution in [0.4, 0.5) is 5.13 Å². The van der Waals surface area contributed by atoms with Gasteiger partial charge in [-0.2, -0.15) is 0 Å². The Morgan fingerprint density at radius 1 is 1.25 bits per heavy atom. The minimum Gasteiger partial charge on any atom is -0.342 e. The van der Waals surface area contributed by atoms with Gasteiger partial charge < -0.3 is 10.2 Å². The van der Waals surface area contributed by atoms with Gasteiger partial charge in [-0.15, -0.1) is 10.2 Å². The van der Waals surface area contributed by atoms with E-state index in [1.165, 1.54) is 11.3 Å². The molecule has 1 aliphatic heterocycles. The summed E-state index contributed by atoms with van der Waals surface area (Å²) in [6.07, 6.45) is 2.28. The van der Waals surface area contributed by atoms with Gasteiger partial charge in [0.05, 0.1) is 0 Å². The monoisotopic (exact) mass is 352 g/mol. The number of amides is 2. The van der Waals surface area contributed by atoms with Crippen LogP contribution in [0.15, 0.2) is 0 Å². The molecule has 1 aromatic heterocycles. The second-order valence-corrected chi connectivity index (χ2v) is 8.97. The predicted octanol–water partition coefficient (Wildman–Crippen LogP) is 2.96. The summed E-state index contributed by atoms with van der Waals surface area (Å²) in [5.74, 6) is 0.603.